The Labute approximate surface area is 135 Å². The molecule has 6 heteroatoms. The Bertz CT molecular complexity index is 520. The Morgan fingerprint density at radius 3 is 2.86 bits per heavy atom. The van der Waals surface area contributed by atoms with Crippen LogP contribution in [0.4, 0.5) is 4.39 Å². The number of nitrogens with zero attached hydrogens (tertiary/aromatic N) is 1. The topological polar surface area (TPSA) is 46.3 Å². The number of amides is 1. The molecule has 116 valence electrons. The van der Waals surface area contributed by atoms with Gasteiger partial charge in [0.2, 0.25) is 5.91 Å². The molecule has 3 nitrogen and oxygen atoms in total. The van der Waals surface area contributed by atoms with Crippen LogP contribution < -0.4 is 5.73 Å². The van der Waals surface area contributed by atoms with Crippen LogP contribution in [0.25, 0.3) is 0 Å². The van der Waals surface area contributed by atoms with Gasteiger partial charge in [-0.3, -0.25) is 4.79 Å². The van der Waals surface area contributed by atoms with Gasteiger partial charge in [0.15, 0.2) is 0 Å². The van der Waals surface area contributed by atoms with Crippen LogP contribution >= 0.6 is 24.0 Å². The summed E-state index contributed by atoms with van der Waals surface area (Å²) in [4.78, 5) is 14.2. The second-order valence-corrected chi connectivity index (χ2v) is 6.18. The molecule has 3 rings (SSSR count). The summed E-state index contributed by atoms with van der Waals surface area (Å²) in [5, 5.41) is 0.417. The largest absolute Gasteiger partial charge is 0.341 e. The molecule has 1 saturated carbocycles. The SMILES string of the molecule is Cl.NC1CCCN(C(=O)C2CC2c2c(F)cccc2Cl)C1. The van der Waals surface area contributed by atoms with E-state index >= 15 is 0 Å². The number of carbonyl (C=O) groups is 1. The quantitative estimate of drug-likeness (QED) is 0.904. The Hall–Kier alpha value is -0.840. The molecule has 1 aliphatic carbocycles. The van der Waals surface area contributed by atoms with Crippen LogP contribution in [0.2, 0.25) is 5.02 Å². The van der Waals surface area contributed by atoms with Gasteiger partial charge in [-0.2, -0.15) is 0 Å². The van der Waals surface area contributed by atoms with Crippen molar-refractivity contribution in [3.8, 4) is 0 Å². The first kappa shape index (κ1) is 16.5. The fourth-order valence-corrected chi connectivity index (χ4v) is 3.40. The summed E-state index contributed by atoms with van der Waals surface area (Å²) in [5.74, 6) is -0.415. The average molecular weight is 333 g/mol. The molecule has 0 bridgehead atoms. The minimum Gasteiger partial charge on any atom is -0.341 e. The number of halogens is 3. The zero-order chi connectivity index (χ0) is 14.3. The summed E-state index contributed by atoms with van der Waals surface area (Å²) in [7, 11) is 0. The maximum atomic E-state index is 13.9. The Morgan fingerprint density at radius 1 is 1.43 bits per heavy atom. The van der Waals surface area contributed by atoms with Crippen LogP contribution in [0.1, 0.15) is 30.7 Å². The Morgan fingerprint density at radius 2 is 2.19 bits per heavy atom. The van der Waals surface area contributed by atoms with E-state index in [1.165, 1.54) is 6.07 Å². The first-order chi connectivity index (χ1) is 9.58. The van der Waals surface area contributed by atoms with Crippen molar-refractivity contribution in [1.29, 1.82) is 0 Å². The van der Waals surface area contributed by atoms with Crippen molar-refractivity contribution in [3.63, 3.8) is 0 Å². The molecular weight excluding hydrogens is 314 g/mol. The van der Waals surface area contributed by atoms with Gasteiger partial charge in [-0.05, 0) is 31.4 Å². The third-order valence-electron chi connectivity index (χ3n) is 4.25. The molecule has 3 unspecified atom stereocenters. The van der Waals surface area contributed by atoms with Crippen molar-refractivity contribution in [3.05, 3.63) is 34.6 Å². The lowest BCUT2D eigenvalue weighted by atomic mass is 10.0. The highest BCUT2D eigenvalue weighted by molar-refractivity contribution is 6.31. The smallest absolute Gasteiger partial charge is 0.226 e. The zero-order valence-electron chi connectivity index (χ0n) is 11.6. The van der Waals surface area contributed by atoms with Crippen LogP contribution in [-0.2, 0) is 4.79 Å². The first-order valence-corrected chi connectivity index (χ1v) is 7.44. The number of hydrogen-bond donors (Lipinski definition) is 1. The Balaban J connectivity index is 0.00000161. The standard InChI is InChI=1S/C15H18ClFN2O.ClH/c16-12-4-1-5-13(17)14(12)10-7-11(10)15(20)19-6-2-3-9(18)8-19;/h1,4-5,9-11H,2-3,6-8,18H2;1H. The maximum Gasteiger partial charge on any atom is 0.226 e. The van der Waals surface area contributed by atoms with Gasteiger partial charge in [0.25, 0.3) is 0 Å². The van der Waals surface area contributed by atoms with E-state index in [9.17, 15) is 9.18 Å². The van der Waals surface area contributed by atoms with Crippen molar-refractivity contribution in [2.24, 2.45) is 11.7 Å². The minimum atomic E-state index is -0.312. The number of nitrogens with two attached hydrogens (primary N) is 1. The fraction of sp³-hybridized carbons (Fsp3) is 0.533. The molecule has 1 aromatic rings. The number of piperidine rings is 1. The van der Waals surface area contributed by atoms with Crippen LogP contribution in [-0.4, -0.2) is 29.9 Å². The van der Waals surface area contributed by atoms with E-state index in [0.29, 0.717) is 23.6 Å². The highest BCUT2D eigenvalue weighted by atomic mass is 35.5. The van der Waals surface area contributed by atoms with Crippen LogP contribution in [0, 0.1) is 11.7 Å². The summed E-state index contributed by atoms with van der Waals surface area (Å²) in [6.07, 6.45) is 2.60. The highest BCUT2D eigenvalue weighted by Gasteiger charge is 2.48. The van der Waals surface area contributed by atoms with Crippen molar-refractivity contribution in [2.75, 3.05) is 13.1 Å². The van der Waals surface area contributed by atoms with E-state index in [1.54, 1.807) is 12.1 Å². The maximum absolute atomic E-state index is 13.9. The molecule has 3 atom stereocenters. The van der Waals surface area contributed by atoms with Crippen LogP contribution in [0.15, 0.2) is 18.2 Å². The fourth-order valence-electron chi connectivity index (χ4n) is 3.10. The molecular formula is C15H19Cl2FN2O. The number of likely N-dealkylation sites (tertiary alicyclic amines) is 1. The summed E-state index contributed by atoms with van der Waals surface area (Å²) in [5.41, 5.74) is 6.40. The van der Waals surface area contributed by atoms with Gasteiger partial charge in [-0.15, -0.1) is 12.4 Å². The van der Waals surface area contributed by atoms with E-state index in [1.807, 2.05) is 4.90 Å². The lowest BCUT2D eigenvalue weighted by Crippen LogP contribution is -2.46. The lowest BCUT2D eigenvalue weighted by molar-refractivity contribution is -0.133. The van der Waals surface area contributed by atoms with Crippen LogP contribution in [0.5, 0.6) is 0 Å². The van der Waals surface area contributed by atoms with Crippen molar-refractivity contribution in [1.82, 2.24) is 4.90 Å². The zero-order valence-corrected chi connectivity index (χ0v) is 13.2. The number of hydrogen-bond acceptors (Lipinski definition) is 2. The Kier molecular flexibility index (Phi) is 5.12. The molecule has 2 N–H and O–H groups in total. The molecule has 1 aromatic carbocycles. The second-order valence-electron chi connectivity index (χ2n) is 5.77. The average Bonchev–Trinajstić information content (AvgIpc) is 3.18. The summed E-state index contributed by atoms with van der Waals surface area (Å²) >= 11 is 6.06. The van der Waals surface area contributed by atoms with Crippen LogP contribution in [0.3, 0.4) is 0 Å². The third kappa shape index (κ3) is 3.33. The van der Waals surface area contributed by atoms with E-state index in [0.717, 1.165) is 19.4 Å². The third-order valence-corrected chi connectivity index (χ3v) is 4.58. The van der Waals surface area contributed by atoms with Gasteiger partial charge in [0.05, 0.1) is 0 Å². The summed E-state index contributed by atoms with van der Waals surface area (Å²) < 4.78 is 13.9. The molecule has 0 spiro atoms. The molecule has 1 saturated heterocycles. The monoisotopic (exact) mass is 332 g/mol. The molecule has 1 aliphatic heterocycles. The minimum absolute atomic E-state index is 0. The van der Waals surface area contributed by atoms with E-state index in [-0.39, 0.29) is 42.0 Å². The molecule has 21 heavy (non-hydrogen) atoms. The molecule has 1 heterocycles. The predicted octanol–water partition coefficient (Wildman–Crippen LogP) is 2.95. The molecule has 2 aliphatic rings. The molecule has 0 radical (unpaired) electrons. The predicted molar refractivity (Wildman–Crippen MR) is 83.3 cm³/mol. The van der Waals surface area contributed by atoms with Crippen molar-refractivity contribution >= 4 is 29.9 Å². The molecule has 2 fully saturated rings. The van der Waals surface area contributed by atoms with Gasteiger partial charge < -0.3 is 10.6 Å². The van der Waals surface area contributed by atoms with Gasteiger partial charge >= 0.3 is 0 Å². The van der Waals surface area contributed by atoms with E-state index in [2.05, 4.69) is 0 Å². The highest BCUT2D eigenvalue weighted by Crippen LogP contribution is 2.51. The van der Waals surface area contributed by atoms with Crippen molar-refractivity contribution in [2.45, 2.75) is 31.2 Å². The van der Waals surface area contributed by atoms with E-state index < -0.39 is 0 Å². The van der Waals surface area contributed by atoms with Gasteiger partial charge in [-0.25, -0.2) is 4.39 Å². The van der Waals surface area contributed by atoms with E-state index in [4.69, 9.17) is 17.3 Å². The van der Waals surface area contributed by atoms with Gasteiger partial charge in [0.1, 0.15) is 5.82 Å². The lowest BCUT2D eigenvalue weighted by Gasteiger charge is -2.31. The molecule has 0 aromatic heterocycles. The molecule has 1 amide bonds. The normalized spacial score (nSPS) is 28.0. The van der Waals surface area contributed by atoms with Gasteiger partial charge in [0, 0.05) is 41.6 Å². The number of benzene rings is 1. The summed E-state index contributed by atoms with van der Waals surface area (Å²) in [6, 6.07) is 4.74. The number of rotatable bonds is 2. The van der Waals surface area contributed by atoms with Gasteiger partial charge in [-0.1, -0.05) is 17.7 Å². The van der Waals surface area contributed by atoms with Crippen molar-refractivity contribution < 1.29 is 9.18 Å². The second kappa shape index (κ2) is 6.51. The first-order valence-electron chi connectivity index (χ1n) is 7.06. The number of carbonyl (C=O) groups excluding carboxylic acids is 1. The summed E-state index contributed by atoms with van der Waals surface area (Å²) in [6.45, 7) is 1.38.